The second-order valence-electron chi connectivity index (χ2n) is 4.78. The number of hydrogen-bond acceptors (Lipinski definition) is 1. The SMILES string of the molecule is CCNC(c1ccc(Cl)c(C)c1)c1c(F)cc(F)cc1F. The molecule has 0 aliphatic rings. The highest BCUT2D eigenvalue weighted by molar-refractivity contribution is 6.31. The molecule has 1 unspecified atom stereocenters. The number of hydrogen-bond donors (Lipinski definition) is 1. The lowest BCUT2D eigenvalue weighted by Crippen LogP contribution is -2.24. The normalized spacial score (nSPS) is 12.5. The molecule has 1 N–H and O–H groups in total. The van der Waals surface area contributed by atoms with E-state index in [9.17, 15) is 13.2 Å². The fraction of sp³-hybridized carbons (Fsp3) is 0.250. The van der Waals surface area contributed by atoms with Gasteiger partial charge in [-0.05, 0) is 30.7 Å². The fourth-order valence-corrected chi connectivity index (χ4v) is 2.38. The minimum atomic E-state index is -0.934. The molecule has 0 fully saturated rings. The number of benzene rings is 2. The zero-order valence-corrected chi connectivity index (χ0v) is 12.4. The van der Waals surface area contributed by atoms with Crippen molar-refractivity contribution in [2.24, 2.45) is 0 Å². The summed E-state index contributed by atoms with van der Waals surface area (Å²) < 4.78 is 41.1. The molecule has 0 radical (unpaired) electrons. The molecule has 0 aliphatic carbocycles. The van der Waals surface area contributed by atoms with Gasteiger partial charge in [-0.25, -0.2) is 13.2 Å². The molecular formula is C16H15ClF3N. The Balaban J connectivity index is 2.55. The number of nitrogens with one attached hydrogen (secondary N) is 1. The van der Waals surface area contributed by atoms with Crippen LogP contribution < -0.4 is 5.32 Å². The van der Waals surface area contributed by atoms with Crippen LogP contribution in [0.3, 0.4) is 0 Å². The van der Waals surface area contributed by atoms with Gasteiger partial charge in [0.25, 0.3) is 0 Å². The lowest BCUT2D eigenvalue weighted by molar-refractivity contribution is 0.492. The highest BCUT2D eigenvalue weighted by Crippen LogP contribution is 2.29. The predicted molar refractivity (Wildman–Crippen MR) is 78.0 cm³/mol. The molecule has 5 heteroatoms. The topological polar surface area (TPSA) is 12.0 Å². The van der Waals surface area contributed by atoms with Crippen LogP contribution in [-0.2, 0) is 0 Å². The van der Waals surface area contributed by atoms with Gasteiger partial charge in [-0.15, -0.1) is 0 Å². The Bertz CT molecular complexity index is 635. The Morgan fingerprint density at radius 3 is 2.24 bits per heavy atom. The Hall–Kier alpha value is -1.52. The molecular weight excluding hydrogens is 299 g/mol. The number of rotatable bonds is 4. The molecule has 2 rings (SSSR count). The minimum Gasteiger partial charge on any atom is -0.306 e. The predicted octanol–water partition coefficient (Wildman–Crippen LogP) is 4.76. The van der Waals surface area contributed by atoms with Crippen LogP contribution in [0.4, 0.5) is 13.2 Å². The second kappa shape index (κ2) is 6.50. The summed E-state index contributed by atoms with van der Waals surface area (Å²) in [5.41, 5.74) is 1.28. The van der Waals surface area contributed by atoms with E-state index in [1.54, 1.807) is 18.2 Å². The Morgan fingerprint density at radius 1 is 1.10 bits per heavy atom. The summed E-state index contributed by atoms with van der Waals surface area (Å²) in [4.78, 5) is 0. The van der Waals surface area contributed by atoms with E-state index in [4.69, 9.17) is 11.6 Å². The third-order valence-electron chi connectivity index (χ3n) is 3.26. The average molecular weight is 314 g/mol. The summed E-state index contributed by atoms with van der Waals surface area (Å²) in [6.45, 7) is 4.14. The molecule has 1 atom stereocenters. The molecule has 0 bridgehead atoms. The van der Waals surface area contributed by atoms with Crippen molar-refractivity contribution in [2.75, 3.05) is 6.54 Å². The maximum Gasteiger partial charge on any atom is 0.134 e. The maximum absolute atomic E-state index is 14.0. The standard InChI is InChI=1S/C16H15ClF3N/c1-3-21-16(10-4-5-12(17)9(2)6-10)15-13(19)7-11(18)8-14(15)20/h4-8,16,21H,3H2,1-2H3. The maximum atomic E-state index is 14.0. The molecule has 0 spiro atoms. The molecule has 2 aromatic rings. The van der Waals surface area contributed by atoms with Crippen LogP contribution in [0.1, 0.15) is 29.7 Å². The summed E-state index contributed by atoms with van der Waals surface area (Å²) in [5.74, 6) is -2.76. The van der Waals surface area contributed by atoms with Crippen molar-refractivity contribution < 1.29 is 13.2 Å². The van der Waals surface area contributed by atoms with Gasteiger partial charge in [-0.1, -0.05) is 30.7 Å². The van der Waals surface area contributed by atoms with Crippen LogP contribution >= 0.6 is 11.6 Å². The Labute approximate surface area is 126 Å². The van der Waals surface area contributed by atoms with E-state index in [1.807, 2.05) is 13.8 Å². The minimum absolute atomic E-state index is 0.194. The first-order chi connectivity index (χ1) is 9.93. The van der Waals surface area contributed by atoms with Crippen LogP contribution in [0.15, 0.2) is 30.3 Å². The van der Waals surface area contributed by atoms with Crippen molar-refractivity contribution in [3.05, 3.63) is 69.5 Å². The van der Waals surface area contributed by atoms with Gasteiger partial charge in [-0.2, -0.15) is 0 Å². The van der Waals surface area contributed by atoms with E-state index in [-0.39, 0.29) is 5.56 Å². The summed E-state index contributed by atoms with van der Waals surface area (Å²) in [5, 5.41) is 3.60. The first kappa shape index (κ1) is 15.9. The van der Waals surface area contributed by atoms with Crippen molar-refractivity contribution in [1.82, 2.24) is 5.32 Å². The molecule has 0 aliphatic heterocycles. The fourth-order valence-electron chi connectivity index (χ4n) is 2.27. The summed E-state index contributed by atoms with van der Waals surface area (Å²) in [7, 11) is 0. The van der Waals surface area contributed by atoms with Crippen LogP contribution in [0.25, 0.3) is 0 Å². The van der Waals surface area contributed by atoms with Crippen LogP contribution in [0, 0.1) is 24.4 Å². The van der Waals surface area contributed by atoms with E-state index in [0.29, 0.717) is 29.3 Å². The van der Waals surface area contributed by atoms with Crippen molar-refractivity contribution in [3.8, 4) is 0 Å². The van der Waals surface area contributed by atoms with Crippen LogP contribution in [0.2, 0.25) is 5.02 Å². The first-order valence-corrected chi connectivity index (χ1v) is 6.95. The molecule has 0 amide bonds. The Kier molecular flexibility index (Phi) is 4.91. The third kappa shape index (κ3) is 3.39. The van der Waals surface area contributed by atoms with Crippen LogP contribution in [-0.4, -0.2) is 6.54 Å². The van der Waals surface area contributed by atoms with E-state index < -0.39 is 23.5 Å². The molecule has 0 aromatic heterocycles. The largest absolute Gasteiger partial charge is 0.306 e. The van der Waals surface area contributed by atoms with Crippen molar-refractivity contribution >= 4 is 11.6 Å². The van der Waals surface area contributed by atoms with Gasteiger partial charge in [0, 0.05) is 22.7 Å². The van der Waals surface area contributed by atoms with Gasteiger partial charge in [0.05, 0.1) is 6.04 Å². The monoisotopic (exact) mass is 313 g/mol. The van der Waals surface area contributed by atoms with Gasteiger partial charge < -0.3 is 5.32 Å². The second-order valence-corrected chi connectivity index (χ2v) is 5.19. The number of halogens is 4. The van der Waals surface area contributed by atoms with Gasteiger partial charge in [-0.3, -0.25) is 0 Å². The highest BCUT2D eigenvalue weighted by atomic mass is 35.5. The molecule has 0 saturated heterocycles. The zero-order valence-electron chi connectivity index (χ0n) is 11.7. The third-order valence-corrected chi connectivity index (χ3v) is 3.68. The summed E-state index contributed by atoms with van der Waals surface area (Å²) >= 11 is 5.97. The van der Waals surface area contributed by atoms with Crippen molar-refractivity contribution in [3.63, 3.8) is 0 Å². The lowest BCUT2D eigenvalue weighted by atomic mass is 9.96. The van der Waals surface area contributed by atoms with Gasteiger partial charge in [0.2, 0.25) is 0 Å². The summed E-state index contributed by atoms with van der Waals surface area (Å²) in [6.07, 6.45) is 0. The van der Waals surface area contributed by atoms with E-state index in [0.717, 1.165) is 5.56 Å². The molecule has 112 valence electrons. The first-order valence-electron chi connectivity index (χ1n) is 6.58. The highest BCUT2D eigenvalue weighted by Gasteiger charge is 2.22. The lowest BCUT2D eigenvalue weighted by Gasteiger charge is -2.21. The van der Waals surface area contributed by atoms with E-state index in [1.165, 1.54) is 0 Å². The quantitative estimate of drug-likeness (QED) is 0.857. The van der Waals surface area contributed by atoms with Crippen molar-refractivity contribution in [2.45, 2.75) is 19.9 Å². The molecule has 1 nitrogen and oxygen atoms in total. The zero-order chi connectivity index (χ0) is 15.6. The van der Waals surface area contributed by atoms with Gasteiger partial charge >= 0.3 is 0 Å². The average Bonchev–Trinajstić information content (AvgIpc) is 2.40. The molecule has 21 heavy (non-hydrogen) atoms. The van der Waals surface area contributed by atoms with Crippen molar-refractivity contribution in [1.29, 1.82) is 0 Å². The Morgan fingerprint density at radius 2 is 1.71 bits per heavy atom. The number of aryl methyl sites for hydroxylation is 1. The smallest absolute Gasteiger partial charge is 0.134 e. The van der Waals surface area contributed by atoms with Gasteiger partial charge in [0.1, 0.15) is 17.5 Å². The molecule has 0 heterocycles. The van der Waals surface area contributed by atoms with Crippen LogP contribution in [0.5, 0.6) is 0 Å². The molecule has 0 saturated carbocycles. The van der Waals surface area contributed by atoms with E-state index >= 15 is 0 Å². The molecule has 2 aromatic carbocycles. The summed E-state index contributed by atoms with van der Waals surface area (Å²) in [6, 6.07) is 5.81. The van der Waals surface area contributed by atoms with E-state index in [2.05, 4.69) is 5.32 Å². The van der Waals surface area contributed by atoms with Gasteiger partial charge in [0.15, 0.2) is 0 Å².